The molecule has 0 saturated carbocycles. The van der Waals surface area contributed by atoms with E-state index < -0.39 is 0 Å². The molecule has 0 bridgehead atoms. The molecule has 4 heterocycles. The highest BCUT2D eigenvalue weighted by Gasteiger charge is 2.27. The molecule has 0 atom stereocenters. The van der Waals surface area contributed by atoms with Gasteiger partial charge in [-0.3, -0.25) is 4.99 Å². The molecule has 6 heteroatoms. The number of pyridine rings is 1. The Morgan fingerprint density at radius 2 is 2.18 bits per heavy atom. The molecule has 114 valence electrons. The average molecular weight is 317 g/mol. The van der Waals surface area contributed by atoms with Crippen LogP contribution in [-0.2, 0) is 4.74 Å². The van der Waals surface area contributed by atoms with Crippen LogP contribution in [0.15, 0.2) is 35.6 Å². The molecule has 1 saturated heterocycles. The zero-order valence-electron chi connectivity index (χ0n) is 12.1. The van der Waals surface area contributed by atoms with Crippen LogP contribution in [0.2, 0.25) is 0 Å². The number of allylic oxidation sites excluding steroid dienone is 1. The first-order chi connectivity index (χ1) is 10.8. The van der Waals surface area contributed by atoms with Crippen molar-refractivity contribution in [1.82, 2.24) is 14.9 Å². The van der Waals surface area contributed by atoms with Crippen molar-refractivity contribution in [3.05, 3.63) is 36.2 Å². The molecule has 0 unspecified atom stereocenters. The van der Waals surface area contributed by atoms with Gasteiger partial charge in [0, 0.05) is 42.6 Å². The first kappa shape index (κ1) is 13.8. The molecule has 0 amide bonds. The summed E-state index contributed by atoms with van der Waals surface area (Å²) < 4.78 is 5.48. The Morgan fingerprint density at radius 3 is 3.05 bits per heavy atom. The summed E-state index contributed by atoms with van der Waals surface area (Å²) in [6.45, 7) is 2.21. The average Bonchev–Trinajstić information content (AvgIpc) is 2.99. The molecule has 0 radical (unpaired) electrons. The van der Waals surface area contributed by atoms with Gasteiger partial charge in [0.15, 0.2) is 0 Å². The van der Waals surface area contributed by atoms with Crippen LogP contribution < -0.4 is 0 Å². The van der Waals surface area contributed by atoms with Crippen LogP contribution in [0.5, 0.6) is 0 Å². The summed E-state index contributed by atoms with van der Waals surface area (Å²) in [7, 11) is 0. The lowest BCUT2D eigenvalue weighted by Crippen LogP contribution is -2.39. The van der Waals surface area contributed by atoms with Crippen molar-refractivity contribution in [2.45, 2.75) is 18.9 Å². The van der Waals surface area contributed by atoms with Crippen molar-refractivity contribution < 1.29 is 4.74 Å². The number of hydrogen-bond donors (Lipinski definition) is 1. The number of hydrogen-bond acceptors (Lipinski definition) is 4. The van der Waals surface area contributed by atoms with E-state index in [4.69, 9.17) is 16.3 Å². The van der Waals surface area contributed by atoms with E-state index in [0.29, 0.717) is 17.9 Å². The zero-order valence-corrected chi connectivity index (χ0v) is 12.9. The van der Waals surface area contributed by atoms with Gasteiger partial charge in [-0.25, -0.2) is 4.98 Å². The highest BCUT2D eigenvalue weighted by molar-refractivity contribution is 6.69. The number of aromatic nitrogens is 2. The summed E-state index contributed by atoms with van der Waals surface area (Å²) in [5.74, 6) is 0. The molecule has 0 aromatic carbocycles. The van der Waals surface area contributed by atoms with Crippen molar-refractivity contribution in [3.8, 4) is 0 Å². The van der Waals surface area contributed by atoms with Crippen LogP contribution in [0.25, 0.3) is 16.7 Å². The van der Waals surface area contributed by atoms with Crippen LogP contribution >= 0.6 is 11.6 Å². The lowest BCUT2D eigenvalue weighted by molar-refractivity contribution is 0.0531. The summed E-state index contributed by atoms with van der Waals surface area (Å²) in [5, 5.41) is 1.66. The molecule has 1 N–H and O–H groups in total. The second-order valence-electron chi connectivity index (χ2n) is 5.57. The molecule has 4 rings (SSSR count). The molecule has 1 fully saturated rings. The van der Waals surface area contributed by atoms with Crippen molar-refractivity contribution in [3.63, 3.8) is 0 Å². The summed E-state index contributed by atoms with van der Waals surface area (Å²) in [6.07, 6.45) is 7.79. The van der Waals surface area contributed by atoms with Crippen LogP contribution in [0.3, 0.4) is 0 Å². The molecular weight excluding hydrogens is 300 g/mol. The SMILES string of the molecule is ClC1=NCN(C2CCOCC2)C(c2c[nH]c3ncccc23)=C1. The zero-order chi connectivity index (χ0) is 14.9. The summed E-state index contributed by atoms with van der Waals surface area (Å²) in [5.41, 5.74) is 3.14. The van der Waals surface area contributed by atoms with E-state index in [0.717, 1.165) is 48.3 Å². The van der Waals surface area contributed by atoms with Gasteiger partial charge in [0.25, 0.3) is 0 Å². The lowest BCUT2D eigenvalue weighted by Gasteiger charge is -2.37. The maximum atomic E-state index is 6.18. The van der Waals surface area contributed by atoms with E-state index in [1.54, 1.807) is 6.20 Å². The monoisotopic (exact) mass is 316 g/mol. The minimum absolute atomic E-state index is 0.440. The van der Waals surface area contributed by atoms with E-state index in [1.165, 1.54) is 0 Å². The van der Waals surface area contributed by atoms with E-state index >= 15 is 0 Å². The number of nitrogens with zero attached hydrogens (tertiary/aromatic N) is 3. The van der Waals surface area contributed by atoms with Gasteiger partial charge in [-0.1, -0.05) is 11.6 Å². The first-order valence-electron chi connectivity index (χ1n) is 7.51. The molecule has 0 spiro atoms. The highest BCUT2D eigenvalue weighted by atomic mass is 35.5. The molecular formula is C16H17ClN4O. The molecule has 2 aliphatic heterocycles. The number of H-pyrrole nitrogens is 1. The van der Waals surface area contributed by atoms with Crippen molar-refractivity contribution in [2.24, 2.45) is 4.99 Å². The largest absolute Gasteiger partial charge is 0.381 e. The molecule has 0 aliphatic carbocycles. The summed E-state index contributed by atoms with van der Waals surface area (Å²) in [4.78, 5) is 14.3. The number of halogens is 1. The van der Waals surface area contributed by atoms with Crippen molar-refractivity contribution in [1.29, 1.82) is 0 Å². The van der Waals surface area contributed by atoms with Gasteiger partial charge >= 0.3 is 0 Å². The number of fused-ring (bicyclic) bond motifs is 1. The Morgan fingerprint density at radius 1 is 1.32 bits per heavy atom. The Balaban J connectivity index is 1.76. The first-order valence-corrected chi connectivity index (χ1v) is 7.89. The highest BCUT2D eigenvalue weighted by Crippen LogP contribution is 2.32. The Kier molecular flexibility index (Phi) is 3.60. The van der Waals surface area contributed by atoms with Gasteiger partial charge in [0.2, 0.25) is 0 Å². The number of aromatic amines is 1. The van der Waals surface area contributed by atoms with E-state index in [2.05, 4.69) is 25.9 Å². The van der Waals surface area contributed by atoms with Crippen LogP contribution in [0.1, 0.15) is 18.4 Å². The smallest absolute Gasteiger partial charge is 0.137 e. The second-order valence-corrected chi connectivity index (χ2v) is 5.95. The third-order valence-electron chi connectivity index (χ3n) is 4.30. The third-order valence-corrected chi connectivity index (χ3v) is 4.53. The second kappa shape index (κ2) is 5.74. The molecule has 22 heavy (non-hydrogen) atoms. The normalized spacial score (nSPS) is 20.1. The van der Waals surface area contributed by atoms with Gasteiger partial charge in [-0.05, 0) is 31.1 Å². The molecule has 5 nitrogen and oxygen atoms in total. The molecule has 2 aromatic heterocycles. The van der Waals surface area contributed by atoms with E-state index in [1.807, 2.05) is 18.3 Å². The van der Waals surface area contributed by atoms with Crippen LogP contribution in [0.4, 0.5) is 0 Å². The molecule has 2 aromatic rings. The fourth-order valence-corrected chi connectivity index (χ4v) is 3.33. The van der Waals surface area contributed by atoms with Crippen LogP contribution in [0, 0.1) is 0 Å². The maximum absolute atomic E-state index is 6.18. The predicted molar refractivity (Wildman–Crippen MR) is 87.9 cm³/mol. The van der Waals surface area contributed by atoms with E-state index in [-0.39, 0.29) is 0 Å². The topological polar surface area (TPSA) is 53.5 Å². The predicted octanol–water partition coefficient (Wildman–Crippen LogP) is 2.99. The van der Waals surface area contributed by atoms with Crippen molar-refractivity contribution >= 4 is 33.5 Å². The minimum Gasteiger partial charge on any atom is -0.381 e. The number of ether oxygens (including phenoxy) is 1. The van der Waals surface area contributed by atoms with Gasteiger partial charge < -0.3 is 14.6 Å². The van der Waals surface area contributed by atoms with Gasteiger partial charge in [0.1, 0.15) is 17.5 Å². The summed E-state index contributed by atoms with van der Waals surface area (Å²) in [6, 6.07) is 4.48. The Bertz CT molecular complexity index is 745. The maximum Gasteiger partial charge on any atom is 0.137 e. The fourth-order valence-electron chi connectivity index (χ4n) is 3.17. The minimum atomic E-state index is 0.440. The van der Waals surface area contributed by atoms with Gasteiger partial charge in [-0.15, -0.1) is 0 Å². The van der Waals surface area contributed by atoms with Gasteiger partial charge in [-0.2, -0.15) is 0 Å². The lowest BCUT2D eigenvalue weighted by atomic mass is 10.0. The van der Waals surface area contributed by atoms with E-state index in [9.17, 15) is 0 Å². The third kappa shape index (κ3) is 2.40. The van der Waals surface area contributed by atoms with Crippen molar-refractivity contribution in [2.75, 3.05) is 19.9 Å². The Hall–Kier alpha value is -1.85. The number of nitrogens with one attached hydrogen (secondary N) is 1. The fraction of sp³-hybridized carbons (Fsp3) is 0.375. The number of rotatable bonds is 2. The van der Waals surface area contributed by atoms with Crippen LogP contribution in [-0.4, -0.2) is 46.0 Å². The molecule has 2 aliphatic rings. The summed E-state index contributed by atoms with van der Waals surface area (Å²) >= 11 is 6.18. The van der Waals surface area contributed by atoms with Gasteiger partial charge in [0.05, 0.1) is 5.70 Å². The Labute approximate surface area is 133 Å². The standard InChI is InChI=1S/C16H17ClN4O/c17-15-8-14(13-9-19-16-12(13)2-1-5-18-16)21(10-20-15)11-3-6-22-7-4-11/h1-2,5,8-9,11H,3-4,6-7,10H2,(H,18,19). The number of aliphatic imine (C=N–C) groups is 1. The quantitative estimate of drug-likeness (QED) is 0.926.